The lowest BCUT2D eigenvalue weighted by Crippen LogP contribution is -2.11. The fourth-order valence-electron chi connectivity index (χ4n) is 2.44. The van der Waals surface area contributed by atoms with Gasteiger partial charge in [-0.25, -0.2) is 0 Å². The number of ketones is 1. The van der Waals surface area contributed by atoms with Crippen LogP contribution in [-0.4, -0.2) is 32.8 Å². The van der Waals surface area contributed by atoms with Crippen LogP contribution in [0.2, 0.25) is 0 Å². The predicted octanol–water partition coefficient (Wildman–Crippen LogP) is 4.42. The highest BCUT2D eigenvalue weighted by molar-refractivity contribution is 8.01. The average Bonchev–Trinajstić information content (AvgIpc) is 3.43. The molecule has 2 aromatic heterocycles. The molecule has 0 unspecified atom stereocenters. The average molecular weight is 422 g/mol. The number of benzene rings is 2. The summed E-state index contributed by atoms with van der Waals surface area (Å²) in [6, 6.07) is 20.0. The largest absolute Gasteiger partial charge is 0.355 e. The molecule has 0 spiro atoms. The zero-order valence-electron chi connectivity index (χ0n) is 14.9. The van der Waals surface area contributed by atoms with Crippen molar-refractivity contribution in [3.63, 3.8) is 0 Å². The number of thioether (sulfide) groups is 1. The topological polar surface area (TPSA) is 98.0 Å². The summed E-state index contributed by atoms with van der Waals surface area (Å²) in [5.74, 6) is 0.316. The summed E-state index contributed by atoms with van der Waals surface area (Å²) in [5, 5.41) is 14.7. The van der Waals surface area contributed by atoms with E-state index in [0.717, 1.165) is 5.56 Å². The molecule has 7 nitrogen and oxygen atoms in total. The van der Waals surface area contributed by atoms with Gasteiger partial charge in [-0.1, -0.05) is 88.9 Å². The van der Waals surface area contributed by atoms with Crippen molar-refractivity contribution >= 4 is 39.9 Å². The van der Waals surface area contributed by atoms with Gasteiger partial charge in [0.05, 0.1) is 5.75 Å². The first-order chi connectivity index (χ1) is 14.2. The number of aromatic nitrogens is 3. The summed E-state index contributed by atoms with van der Waals surface area (Å²) < 4.78 is 5.83. The molecule has 9 heteroatoms. The van der Waals surface area contributed by atoms with Crippen LogP contribution < -0.4 is 5.32 Å². The Hall–Kier alpha value is -3.30. The number of anilines is 1. The standard InChI is InChI=1S/C20H14N4O3S2/c25-16(13-7-3-1-4-8-13)12-28-20-23-22-19(29-20)21-18(26)15-11-17(27-24-15)14-9-5-2-6-10-14/h1-11H,12H2,(H,21,22,26). The minimum atomic E-state index is -0.441. The molecule has 0 aliphatic rings. The molecule has 0 saturated carbocycles. The lowest BCUT2D eigenvalue weighted by molar-refractivity contribution is 0.101. The van der Waals surface area contributed by atoms with Crippen molar-refractivity contribution in [2.24, 2.45) is 0 Å². The fourth-order valence-corrected chi connectivity index (χ4v) is 4.08. The lowest BCUT2D eigenvalue weighted by atomic mass is 10.1. The van der Waals surface area contributed by atoms with Gasteiger partial charge in [-0.3, -0.25) is 14.9 Å². The lowest BCUT2D eigenvalue weighted by Gasteiger charge is -1.98. The van der Waals surface area contributed by atoms with Crippen molar-refractivity contribution in [1.29, 1.82) is 0 Å². The van der Waals surface area contributed by atoms with Crippen LogP contribution in [0.15, 0.2) is 75.6 Å². The fraction of sp³-hybridized carbons (Fsp3) is 0.0500. The number of rotatable bonds is 7. The van der Waals surface area contributed by atoms with Gasteiger partial charge in [0, 0.05) is 17.2 Å². The molecule has 4 rings (SSSR count). The highest BCUT2D eigenvalue weighted by Crippen LogP contribution is 2.27. The second-order valence-electron chi connectivity index (χ2n) is 5.85. The Morgan fingerprint density at radius 2 is 1.72 bits per heavy atom. The molecule has 0 bridgehead atoms. The van der Waals surface area contributed by atoms with Gasteiger partial charge >= 0.3 is 0 Å². The van der Waals surface area contributed by atoms with Crippen molar-refractivity contribution in [3.8, 4) is 11.3 Å². The molecule has 0 fully saturated rings. The van der Waals surface area contributed by atoms with Gasteiger partial charge in [0.15, 0.2) is 21.6 Å². The summed E-state index contributed by atoms with van der Waals surface area (Å²) in [6.45, 7) is 0. The number of carbonyl (C=O) groups excluding carboxylic acids is 2. The van der Waals surface area contributed by atoms with E-state index in [1.165, 1.54) is 23.1 Å². The monoisotopic (exact) mass is 422 g/mol. The minimum absolute atomic E-state index is 0.00687. The van der Waals surface area contributed by atoms with Gasteiger partial charge in [0.25, 0.3) is 5.91 Å². The summed E-state index contributed by atoms with van der Waals surface area (Å²) in [7, 11) is 0. The third kappa shape index (κ3) is 4.76. The normalized spacial score (nSPS) is 10.6. The highest BCUT2D eigenvalue weighted by Gasteiger charge is 2.16. The molecule has 4 aromatic rings. The number of nitrogens with one attached hydrogen (secondary N) is 1. The van der Waals surface area contributed by atoms with E-state index in [4.69, 9.17) is 4.52 Å². The van der Waals surface area contributed by atoms with Crippen LogP contribution >= 0.6 is 23.1 Å². The first kappa shape index (κ1) is 19.0. The van der Waals surface area contributed by atoms with E-state index < -0.39 is 5.91 Å². The van der Waals surface area contributed by atoms with E-state index in [-0.39, 0.29) is 17.2 Å². The molecular weight excluding hydrogens is 408 g/mol. The molecule has 0 atom stereocenters. The van der Waals surface area contributed by atoms with Crippen LogP contribution in [-0.2, 0) is 0 Å². The molecule has 1 amide bonds. The summed E-state index contributed by atoms with van der Waals surface area (Å²) in [6.07, 6.45) is 0. The quantitative estimate of drug-likeness (QED) is 0.267. The Labute approximate surface area is 174 Å². The predicted molar refractivity (Wildman–Crippen MR) is 111 cm³/mol. The Bertz CT molecular complexity index is 1130. The molecule has 0 aliphatic heterocycles. The van der Waals surface area contributed by atoms with E-state index in [1.807, 2.05) is 48.5 Å². The molecule has 144 valence electrons. The molecule has 2 aromatic carbocycles. The SMILES string of the molecule is O=C(CSc1nnc(NC(=O)c2cc(-c3ccccc3)on2)s1)c1ccccc1. The molecule has 0 saturated heterocycles. The second kappa shape index (κ2) is 8.80. The van der Waals surface area contributed by atoms with E-state index in [2.05, 4.69) is 20.7 Å². The molecule has 0 aliphatic carbocycles. The maximum absolute atomic E-state index is 12.4. The summed E-state index contributed by atoms with van der Waals surface area (Å²) in [4.78, 5) is 24.5. The number of hydrogen-bond acceptors (Lipinski definition) is 8. The Balaban J connectivity index is 1.35. The Morgan fingerprint density at radius 1 is 1.00 bits per heavy atom. The van der Waals surface area contributed by atoms with Crippen LogP contribution in [0.5, 0.6) is 0 Å². The van der Waals surface area contributed by atoms with Crippen molar-refractivity contribution in [1.82, 2.24) is 15.4 Å². The van der Waals surface area contributed by atoms with E-state index in [1.54, 1.807) is 18.2 Å². The molecule has 2 heterocycles. The maximum Gasteiger partial charge on any atom is 0.279 e. The van der Waals surface area contributed by atoms with Gasteiger partial charge in [0.1, 0.15) is 0 Å². The molecule has 29 heavy (non-hydrogen) atoms. The smallest absolute Gasteiger partial charge is 0.279 e. The van der Waals surface area contributed by atoms with Crippen LogP contribution in [0.25, 0.3) is 11.3 Å². The van der Waals surface area contributed by atoms with Crippen LogP contribution in [0.3, 0.4) is 0 Å². The van der Waals surface area contributed by atoms with Gasteiger partial charge in [-0.2, -0.15) is 0 Å². The first-order valence-corrected chi connectivity index (χ1v) is 10.4. The number of amides is 1. The zero-order chi connectivity index (χ0) is 20.1. The van der Waals surface area contributed by atoms with E-state index >= 15 is 0 Å². The third-order valence-corrected chi connectivity index (χ3v) is 5.82. The Kier molecular flexibility index (Phi) is 5.78. The van der Waals surface area contributed by atoms with Gasteiger partial charge in [-0.05, 0) is 0 Å². The van der Waals surface area contributed by atoms with Gasteiger partial charge in [0.2, 0.25) is 5.13 Å². The summed E-state index contributed by atoms with van der Waals surface area (Å²) >= 11 is 2.47. The molecule has 1 N–H and O–H groups in total. The number of carbonyl (C=O) groups is 2. The molecular formula is C20H14N4O3S2. The highest BCUT2D eigenvalue weighted by atomic mass is 32.2. The van der Waals surface area contributed by atoms with Gasteiger partial charge < -0.3 is 4.52 Å². The van der Waals surface area contributed by atoms with Crippen molar-refractivity contribution < 1.29 is 14.1 Å². The van der Waals surface area contributed by atoms with E-state index in [0.29, 0.717) is 20.8 Å². The van der Waals surface area contributed by atoms with E-state index in [9.17, 15) is 9.59 Å². The zero-order valence-corrected chi connectivity index (χ0v) is 16.6. The van der Waals surface area contributed by atoms with Crippen LogP contribution in [0, 0.1) is 0 Å². The van der Waals surface area contributed by atoms with Gasteiger partial charge in [-0.15, -0.1) is 10.2 Å². The van der Waals surface area contributed by atoms with Crippen LogP contribution in [0.4, 0.5) is 5.13 Å². The number of Topliss-reactive ketones (excluding diaryl/α,β-unsaturated/α-hetero) is 1. The number of hydrogen-bond donors (Lipinski definition) is 1. The van der Waals surface area contributed by atoms with Crippen molar-refractivity contribution in [2.45, 2.75) is 4.34 Å². The van der Waals surface area contributed by atoms with Crippen molar-refractivity contribution in [2.75, 3.05) is 11.1 Å². The maximum atomic E-state index is 12.4. The summed E-state index contributed by atoms with van der Waals surface area (Å²) in [5.41, 5.74) is 1.63. The molecule has 0 radical (unpaired) electrons. The Morgan fingerprint density at radius 3 is 2.48 bits per heavy atom. The minimum Gasteiger partial charge on any atom is -0.355 e. The van der Waals surface area contributed by atoms with Crippen LogP contribution in [0.1, 0.15) is 20.8 Å². The van der Waals surface area contributed by atoms with Crippen molar-refractivity contribution in [3.05, 3.63) is 78.0 Å². The number of nitrogens with zero attached hydrogens (tertiary/aromatic N) is 3. The first-order valence-electron chi connectivity index (χ1n) is 8.57. The third-order valence-electron chi connectivity index (χ3n) is 3.85. The second-order valence-corrected chi connectivity index (χ2v) is 8.05.